The molecule has 0 fully saturated rings. The zero-order chi connectivity index (χ0) is 15.1. The van der Waals surface area contributed by atoms with Crippen molar-refractivity contribution in [3.05, 3.63) is 23.8 Å². The van der Waals surface area contributed by atoms with Gasteiger partial charge in [-0.15, -0.1) is 0 Å². The second kappa shape index (κ2) is 7.75. The smallest absolute Gasteiger partial charge is 0.222 e. The Labute approximate surface area is 120 Å². The molecule has 112 valence electrons. The Hall–Kier alpha value is -1.75. The lowest BCUT2D eigenvalue weighted by Crippen LogP contribution is -2.31. The Balaban J connectivity index is 2.78. The fourth-order valence-corrected chi connectivity index (χ4v) is 1.90. The van der Waals surface area contributed by atoms with E-state index >= 15 is 0 Å². The predicted octanol–water partition coefficient (Wildman–Crippen LogP) is 2.01. The summed E-state index contributed by atoms with van der Waals surface area (Å²) in [5.41, 5.74) is 6.57. The van der Waals surface area contributed by atoms with Gasteiger partial charge in [0.25, 0.3) is 0 Å². The van der Waals surface area contributed by atoms with E-state index in [4.69, 9.17) is 15.2 Å². The molecule has 20 heavy (non-hydrogen) atoms. The van der Waals surface area contributed by atoms with Gasteiger partial charge in [0.2, 0.25) is 5.91 Å². The molecule has 5 nitrogen and oxygen atoms in total. The van der Waals surface area contributed by atoms with Gasteiger partial charge in [-0.25, -0.2) is 0 Å². The Morgan fingerprint density at radius 2 is 2.05 bits per heavy atom. The second-order valence-electron chi connectivity index (χ2n) is 4.81. The maximum Gasteiger partial charge on any atom is 0.222 e. The first-order chi connectivity index (χ1) is 9.47. The average Bonchev–Trinajstić information content (AvgIpc) is 2.38. The maximum absolute atomic E-state index is 11.7. The van der Waals surface area contributed by atoms with Gasteiger partial charge in [-0.2, -0.15) is 0 Å². The molecule has 1 rings (SSSR count). The van der Waals surface area contributed by atoms with Gasteiger partial charge >= 0.3 is 0 Å². The van der Waals surface area contributed by atoms with Crippen LogP contribution in [-0.4, -0.2) is 25.7 Å². The van der Waals surface area contributed by atoms with E-state index in [0.29, 0.717) is 24.5 Å². The molecule has 0 aliphatic carbocycles. The first-order valence-electron chi connectivity index (χ1n) is 6.83. The molecule has 0 radical (unpaired) electrons. The number of amides is 1. The number of ether oxygens (including phenoxy) is 2. The highest BCUT2D eigenvalue weighted by Gasteiger charge is 2.13. The van der Waals surface area contributed by atoms with Crippen molar-refractivity contribution in [1.82, 2.24) is 5.32 Å². The summed E-state index contributed by atoms with van der Waals surface area (Å²) >= 11 is 0. The lowest BCUT2D eigenvalue weighted by Gasteiger charge is -2.17. The van der Waals surface area contributed by atoms with Gasteiger partial charge in [-0.1, -0.05) is 6.07 Å². The van der Waals surface area contributed by atoms with Crippen LogP contribution in [0.4, 0.5) is 0 Å². The molecule has 0 spiro atoms. The van der Waals surface area contributed by atoms with E-state index in [1.165, 1.54) is 0 Å². The Bertz CT molecular complexity index is 447. The molecule has 0 bridgehead atoms. The van der Waals surface area contributed by atoms with Crippen molar-refractivity contribution in [3.63, 3.8) is 0 Å². The molecular formula is C15H24N2O3. The summed E-state index contributed by atoms with van der Waals surface area (Å²) < 4.78 is 10.8. The summed E-state index contributed by atoms with van der Waals surface area (Å²) in [7, 11) is 1.60. The fraction of sp³-hybridized carbons (Fsp3) is 0.533. The quantitative estimate of drug-likeness (QED) is 0.801. The van der Waals surface area contributed by atoms with Crippen molar-refractivity contribution >= 4 is 5.91 Å². The molecular weight excluding hydrogens is 256 g/mol. The van der Waals surface area contributed by atoms with E-state index in [1.54, 1.807) is 7.11 Å². The highest BCUT2D eigenvalue weighted by molar-refractivity contribution is 5.77. The number of hydrogen-bond acceptors (Lipinski definition) is 4. The van der Waals surface area contributed by atoms with Crippen LogP contribution in [0, 0.1) is 0 Å². The van der Waals surface area contributed by atoms with Gasteiger partial charge in [-0.3, -0.25) is 4.79 Å². The van der Waals surface area contributed by atoms with E-state index in [9.17, 15) is 4.79 Å². The number of carbonyl (C=O) groups excluding carboxylic acids is 1. The lowest BCUT2D eigenvalue weighted by molar-refractivity contribution is -0.122. The third kappa shape index (κ3) is 4.74. The molecule has 1 aromatic rings. The highest BCUT2D eigenvalue weighted by atomic mass is 16.5. The van der Waals surface area contributed by atoms with Crippen molar-refractivity contribution in [2.75, 3.05) is 13.7 Å². The topological polar surface area (TPSA) is 73.6 Å². The molecule has 0 saturated carbocycles. The van der Waals surface area contributed by atoms with Gasteiger partial charge < -0.3 is 20.5 Å². The Morgan fingerprint density at radius 1 is 1.35 bits per heavy atom. The highest BCUT2D eigenvalue weighted by Crippen LogP contribution is 2.30. The molecule has 1 aromatic carbocycles. The summed E-state index contributed by atoms with van der Waals surface area (Å²) in [6, 6.07) is 5.40. The number of nitrogens with two attached hydrogens (primary N) is 1. The first-order valence-corrected chi connectivity index (χ1v) is 6.83. The molecule has 0 saturated heterocycles. The molecule has 2 atom stereocenters. The van der Waals surface area contributed by atoms with Crippen LogP contribution in [0.1, 0.15) is 38.8 Å². The Morgan fingerprint density at radius 3 is 2.60 bits per heavy atom. The molecule has 5 heteroatoms. The minimum absolute atomic E-state index is 0.0552. The van der Waals surface area contributed by atoms with Crippen molar-refractivity contribution in [2.24, 2.45) is 5.73 Å². The third-order valence-electron chi connectivity index (χ3n) is 2.87. The summed E-state index contributed by atoms with van der Waals surface area (Å²) in [6.45, 7) is 6.24. The summed E-state index contributed by atoms with van der Waals surface area (Å²) in [5, 5.41) is 2.91. The van der Waals surface area contributed by atoms with Crippen LogP contribution >= 0.6 is 0 Å². The van der Waals surface area contributed by atoms with E-state index in [2.05, 4.69) is 5.32 Å². The van der Waals surface area contributed by atoms with Crippen molar-refractivity contribution in [3.8, 4) is 11.5 Å². The van der Waals surface area contributed by atoms with Gasteiger partial charge in [0.1, 0.15) is 0 Å². The average molecular weight is 280 g/mol. The van der Waals surface area contributed by atoms with Gasteiger partial charge in [0.15, 0.2) is 11.5 Å². The van der Waals surface area contributed by atoms with Crippen LogP contribution in [0.3, 0.4) is 0 Å². The minimum Gasteiger partial charge on any atom is -0.493 e. The van der Waals surface area contributed by atoms with Crippen LogP contribution < -0.4 is 20.5 Å². The van der Waals surface area contributed by atoms with E-state index in [0.717, 1.165) is 5.56 Å². The molecule has 2 unspecified atom stereocenters. The molecule has 3 N–H and O–H groups in total. The van der Waals surface area contributed by atoms with E-state index in [-0.39, 0.29) is 18.0 Å². The summed E-state index contributed by atoms with van der Waals surface area (Å²) in [6.07, 6.45) is 0.318. The number of methoxy groups -OCH3 is 1. The number of rotatable bonds is 7. The third-order valence-corrected chi connectivity index (χ3v) is 2.87. The largest absolute Gasteiger partial charge is 0.493 e. The number of carbonyl (C=O) groups is 1. The molecule has 0 aliphatic rings. The standard InChI is InChI=1S/C15H24N2O3/c1-5-20-13-7-6-12(9-14(13)19-4)11(3)17-15(18)8-10(2)16/h6-7,9-11H,5,8,16H2,1-4H3,(H,17,18). The fourth-order valence-electron chi connectivity index (χ4n) is 1.90. The summed E-state index contributed by atoms with van der Waals surface area (Å²) in [4.78, 5) is 11.7. The number of benzene rings is 1. The van der Waals surface area contributed by atoms with Crippen molar-refractivity contribution in [2.45, 2.75) is 39.3 Å². The lowest BCUT2D eigenvalue weighted by atomic mass is 10.1. The Kier molecular flexibility index (Phi) is 6.31. The zero-order valence-corrected chi connectivity index (χ0v) is 12.6. The first kappa shape index (κ1) is 16.3. The monoisotopic (exact) mass is 280 g/mol. The SMILES string of the molecule is CCOc1ccc(C(C)NC(=O)CC(C)N)cc1OC. The van der Waals surface area contributed by atoms with E-state index in [1.807, 2.05) is 39.0 Å². The van der Waals surface area contributed by atoms with Gasteiger partial charge in [0, 0.05) is 12.5 Å². The number of nitrogens with one attached hydrogen (secondary N) is 1. The zero-order valence-electron chi connectivity index (χ0n) is 12.6. The summed E-state index contributed by atoms with van der Waals surface area (Å²) in [5.74, 6) is 1.31. The van der Waals surface area contributed by atoms with Crippen molar-refractivity contribution < 1.29 is 14.3 Å². The van der Waals surface area contributed by atoms with Crippen LogP contribution in [0.25, 0.3) is 0 Å². The molecule has 0 aliphatic heterocycles. The van der Waals surface area contributed by atoms with Crippen LogP contribution in [-0.2, 0) is 4.79 Å². The molecule has 0 aromatic heterocycles. The molecule has 1 amide bonds. The van der Waals surface area contributed by atoms with Gasteiger partial charge in [0.05, 0.1) is 19.8 Å². The maximum atomic E-state index is 11.7. The van der Waals surface area contributed by atoms with Crippen LogP contribution in [0.5, 0.6) is 11.5 Å². The second-order valence-corrected chi connectivity index (χ2v) is 4.81. The number of hydrogen-bond donors (Lipinski definition) is 2. The van der Waals surface area contributed by atoms with Crippen LogP contribution in [0.15, 0.2) is 18.2 Å². The molecule has 0 heterocycles. The van der Waals surface area contributed by atoms with Crippen LogP contribution in [0.2, 0.25) is 0 Å². The van der Waals surface area contributed by atoms with Gasteiger partial charge in [-0.05, 0) is 38.5 Å². The van der Waals surface area contributed by atoms with Crippen molar-refractivity contribution in [1.29, 1.82) is 0 Å². The van der Waals surface area contributed by atoms with E-state index < -0.39 is 0 Å². The predicted molar refractivity (Wildman–Crippen MR) is 79.0 cm³/mol. The normalized spacial score (nSPS) is 13.4. The minimum atomic E-state index is -0.142.